The topological polar surface area (TPSA) is 66.5 Å². The normalized spacial score (nSPS) is 15.0. The maximum atomic E-state index is 13.0. The molecule has 0 saturated carbocycles. The van der Waals surface area contributed by atoms with Gasteiger partial charge >= 0.3 is 0 Å². The third-order valence-corrected chi connectivity index (χ3v) is 6.78. The van der Waals surface area contributed by atoms with E-state index in [1.807, 2.05) is 42.5 Å². The van der Waals surface area contributed by atoms with Gasteiger partial charge in [0.1, 0.15) is 6.54 Å². The average molecular weight is 394 g/mol. The van der Waals surface area contributed by atoms with Crippen LogP contribution in [-0.2, 0) is 20.2 Å². The summed E-state index contributed by atoms with van der Waals surface area (Å²) in [6.45, 7) is 5.94. The zero-order chi connectivity index (χ0) is 20.1. The van der Waals surface area contributed by atoms with Crippen LogP contribution in [0.5, 0.6) is 0 Å². The summed E-state index contributed by atoms with van der Waals surface area (Å²) in [5.74, 6) is -0.370. The number of carbonyl (C=O) groups excluding carboxylic acids is 1. The predicted octanol–water partition coefficient (Wildman–Crippen LogP) is 4.28. The van der Waals surface area contributed by atoms with Gasteiger partial charge in [-0.05, 0) is 34.6 Å². The first-order valence-electron chi connectivity index (χ1n) is 9.13. The Bertz CT molecular complexity index is 1190. The maximum Gasteiger partial charge on any atom is 0.265 e. The minimum atomic E-state index is -3.75. The van der Waals surface area contributed by atoms with E-state index in [2.05, 4.69) is 26.1 Å². The minimum absolute atomic E-state index is 0.147. The second-order valence-electron chi connectivity index (χ2n) is 7.99. The highest BCUT2D eigenvalue weighted by atomic mass is 32.2. The molecule has 0 radical (unpaired) electrons. The van der Waals surface area contributed by atoms with E-state index in [-0.39, 0.29) is 22.8 Å². The molecule has 3 aromatic carbocycles. The van der Waals surface area contributed by atoms with Gasteiger partial charge in [-0.3, -0.25) is 9.10 Å². The van der Waals surface area contributed by atoms with Gasteiger partial charge in [0, 0.05) is 11.1 Å². The van der Waals surface area contributed by atoms with E-state index in [4.69, 9.17) is 0 Å². The Morgan fingerprint density at radius 2 is 1.64 bits per heavy atom. The first-order chi connectivity index (χ1) is 13.2. The summed E-state index contributed by atoms with van der Waals surface area (Å²) in [6.07, 6.45) is 0. The van der Waals surface area contributed by atoms with Crippen LogP contribution in [-0.4, -0.2) is 20.9 Å². The number of hydrogen-bond donors (Lipinski definition) is 1. The number of para-hydroxylation sites is 1. The molecule has 1 aliphatic rings. The number of rotatable bonds is 3. The van der Waals surface area contributed by atoms with Gasteiger partial charge in [-0.2, -0.15) is 0 Å². The Kier molecular flexibility index (Phi) is 4.19. The van der Waals surface area contributed by atoms with E-state index in [1.165, 1.54) is 4.31 Å². The van der Waals surface area contributed by atoms with Crippen LogP contribution in [0.1, 0.15) is 26.3 Å². The van der Waals surface area contributed by atoms with E-state index >= 15 is 0 Å². The molecule has 28 heavy (non-hydrogen) atoms. The van der Waals surface area contributed by atoms with Crippen molar-refractivity contribution < 1.29 is 13.2 Å². The number of benzene rings is 3. The van der Waals surface area contributed by atoms with Crippen molar-refractivity contribution in [1.82, 2.24) is 0 Å². The van der Waals surface area contributed by atoms with E-state index in [0.717, 1.165) is 10.9 Å². The summed E-state index contributed by atoms with van der Waals surface area (Å²) in [4.78, 5) is 13.0. The van der Waals surface area contributed by atoms with E-state index < -0.39 is 10.0 Å². The Balaban J connectivity index is 1.66. The number of anilines is 2. The summed E-state index contributed by atoms with van der Waals surface area (Å²) in [6, 6.07) is 18.2. The van der Waals surface area contributed by atoms with E-state index in [9.17, 15) is 13.2 Å². The van der Waals surface area contributed by atoms with Crippen molar-refractivity contribution in [3.05, 3.63) is 66.2 Å². The molecule has 6 heteroatoms. The van der Waals surface area contributed by atoms with Crippen molar-refractivity contribution in [3.8, 4) is 0 Å². The van der Waals surface area contributed by atoms with Crippen molar-refractivity contribution in [3.63, 3.8) is 0 Å². The van der Waals surface area contributed by atoms with Gasteiger partial charge in [-0.15, -0.1) is 0 Å². The largest absolute Gasteiger partial charge is 0.324 e. The molecule has 0 aliphatic carbocycles. The monoisotopic (exact) mass is 394 g/mol. The molecule has 0 bridgehead atoms. The lowest BCUT2D eigenvalue weighted by Gasteiger charge is -2.24. The van der Waals surface area contributed by atoms with Crippen LogP contribution < -0.4 is 9.62 Å². The van der Waals surface area contributed by atoms with Crippen molar-refractivity contribution in [1.29, 1.82) is 0 Å². The molecule has 1 heterocycles. The first-order valence-corrected chi connectivity index (χ1v) is 10.6. The van der Waals surface area contributed by atoms with Crippen LogP contribution in [0, 0.1) is 0 Å². The number of nitrogens with zero attached hydrogens (tertiary/aromatic N) is 1. The second-order valence-corrected chi connectivity index (χ2v) is 9.82. The van der Waals surface area contributed by atoms with Gasteiger partial charge in [-0.25, -0.2) is 8.42 Å². The average Bonchev–Trinajstić information content (AvgIpc) is 2.85. The lowest BCUT2D eigenvalue weighted by Crippen LogP contribution is -2.36. The summed E-state index contributed by atoms with van der Waals surface area (Å²) in [5.41, 5.74) is 2.10. The SMILES string of the molecule is CC(C)(C)c1ccccc1NC(=O)CN1c2cccc3cccc(c23)S1(=O)=O. The Labute approximate surface area is 165 Å². The van der Waals surface area contributed by atoms with Crippen LogP contribution in [0.4, 0.5) is 11.4 Å². The van der Waals surface area contributed by atoms with E-state index in [1.54, 1.807) is 18.2 Å². The summed E-state index contributed by atoms with van der Waals surface area (Å²) in [7, 11) is -3.75. The summed E-state index contributed by atoms with van der Waals surface area (Å²) in [5, 5.41) is 4.42. The molecule has 3 aromatic rings. The van der Waals surface area contributed by atoms with Crippen LogP contribution >= 0.6 is 0 Å². The molecule has 1 aliphatic heterocycles. The van der Waals surface area contributed by atoms with Crippen LogP contribution in [0.25, 0.3) is 10.8 Å². The first kappa shape index (κ1) is 18.5. The van der Waals surface area contributed by atoms with Gasteiger partial charge in [0.25, 0.3) is 10.0 Å². The third kappa shape index (κ3) is 2.94. The lowest BCUT2D eigenvalue weighted by atomic mass is 9.86. The summed E-state index contributed by atoms with van der Waals surface area (Å²) < 4.78 is 27.2. The lowest BCUT2D eigenvalue weighted by molar-refractivity contribution is -0.114. The number of carbonyl (C=O) groups is 1. The van der Waals surface area contributed by atoms with Crippen molar-refractivity contribution in [2.45, 2.75) is 31.1 Å². The highest BCUT2D eigenvalue weighted by Gasteiger charge is 2.36. The maximum absolute atomic E-state index is 13.0. The number of sulfonamides is 1. The third-order valence-electron chi connectivity index (χ3n) is 4.98. The predicted molar refractivity (Wildman–Crippen MR) is 112 cm³/mol. The fraction of sp³-hybridized carbons (Fsp3) is 0.227. The highest BCUT2D eigenvalue weighted by Crippen LogP contribution is 2.41. The Hall–Kier alpha value is -2.86. The molecule has 0 atom stereocenters. The molecule has 1 amide bonds. The Morgan fingerprint density at radius 1 is 0.964 bits per heavy atom. The molecule has 0 spiro atoms. The fourth-order valence-electron chi connectivity index (χ4n) is 3.69. The molecular weight excluding hydrogens is 372 g/mol. The molecule has 0 saturated heterocycles. The Morgan fingerprint density at radius 3 is 2.36 bits per heavy atom. The van der Waals surface area contributed by atoms with E-state index in [0.29, 0.717) is 16.8 Å². The van der Waals surface area contributed by atoms with Crippen molar-refractivity contribution in [2.24, 2.45) is 0 Å². The number of nitrogens with one attached hydrogen (secondary N) is 1. The molecular formula is C22H22N2O3S. The highest BCUT2D eigenvalue weighted by molar-refractivity contribution is 7.93. The van der Waals surface area contributed by atoms with Crippen molar-refractivity contribution >= 4 is 38.1 Å². The molecule has 0 fully saturated rings. The van der Waals surface area contributed by atoms with Crippen LogP contribution in [0.2, 0.25) is 0 Å². The number of amides is 1. The second kappa shape index (κ2) is 6.34. The molecule has 5 nitrogen and oxygen atoms in total. The zero-order valence-corrected chi connectivity index (χ0v) is 16.9. The molecule has 0 aromatic heterocycles. The standard InChI is InChI=1S/C22H22N2O3S/c1-22(2,3)16-10-4-5-11-17(16)23-20(25)14-24-18-12-6-8-15-9-7-13-19(21(15)18)28(24,26)27/h4-13H,14H2,1-3H3,(H,23,25). The van der Waals surface area contributed by atoms with Gasteiger partial charge in [0.05, 0.1) is 10.6 Å². The molecule has 0 unspecified atom stereocenters. The fourth-order valence-corrected chi connectivity index (χ4v) is 5.36. The molecule has 144 valence electrons. The van der Waals surface area contributed by atoms with Crippen LogP contribution in [0.15, 0.2) is 65.6 Å². The zero-order valence-electron chi connectivity index (χ0n) is 16.1. The van der Waals surface area contributed by atoms with Crippen molar-refractivity contribution in [2.75, 3.05) is 16.2 Å². The smallest absolute Gasteiger partial charge is 0.265 e. The van der Waals surface area contributed by atoms with Crippen LogP contribution in [0.3, 0.4) is 0 Å². The minimum Gasteiger partial charge on any atom is -0.324 e. The molecule has 4 rings (SSSR count). The van der Waals surface area contributed by atoms with Gasteiger partial charge in [-0.1, -0.05) is 63.2 Å². The van der Waals surface area contributed by atoms with Gasteiger partial charge in [0.2, 0.25) is 5.91 Å². The quantitative estimate of drug-likeness (QED) is 0.721. The summed E-state index contributed by atoms with van der Waals surface area (Å²) >= 11 is 0. The van der Waals surface area contributed by atoms with Gasteiger partial charge < -0.3 is 5.32 Å². The van der Waals surface area contributed by atoms with Gasteiger partial charge in [0.15, 0.2) is 0 Å². The molecule has 1 N–H and O–H groups in total. The number of hydrogen-bond acceptors (Lipinski definition) is 3.